The molecule has 0 saturated carbocycles. The molecule has 2 unspecified atom stereocenters. The summed E-state index contributed by atoms with van der Waals surface area (Å²) in [6.45, 7) is 0. The lowest BCUT2D eigenvalue weighted by molar-refractivity contribution is -0.143. The number of hydrogen-bond acceptors (Lipinski definition) is 3. The number of rotatable bonds is 3. The van der Waals surface area contributed by atoms with Crippen LogP contribution in [0.25, 0.3) is 0 Å². The van der Waals surface area contributed by atoms with Crippen LogP contribution in [-0.4, -0.2) is 19.1 Å². The Labute approximate surface area is 85.8 Å². The summed E-state index contributed by atoms with van der Waals surface area (Å²) in [5.74, 6) is -1.64. The Morgan fingerprint density at radius 2 is 2.07 bits per heavy atom. The van der Waals surface area contributed by atoms with E-state index in [1.807, 2.05) is 0 Å². The van der Waals surface area contributed by atoms with E-state index >= 15 is 0 Å². The van der Waals surface area contributed by atoms with Crippen molar-refractivity contribution < 1.29 is 18.3 Å². The summed E-state index contributed by atoms with van der Waals surface area (Å²) in [4.78, 5) is 10.9. The molecule has 82 valence electrons. The highest BCUT2D eigenvalue weighted by Crippen LogP contribution is 2.23. The van der Waals surface area contributed by atoms with Gasteiger partial charge in [-0.05, 0) is 6.07 Å². The molecule has 0 aromatic heterocycles. The third-order valence-corrected chi connectivity index (χ3v) is 1.99. The van der Waals surface area contributed by atoms with Gasteiger partial charge in [0.2, 0.25) is 0 Å². The van der Waals surface area contributed by atoms with Crippen LogP contribution in [0.5, 0.6) is 0 Å². The first-order valence-corrected chi connectivity index (χ1v) is 4.30. The second kappa shape index (κ2) is 4.84. The highest BCUT2D eigenvalue weighted by molar-refractivity contribution is 5.76. The Morgan fingerprint density at radius 3 is 2.60 bits per heavy atom. The van der Waals surface area contributed by atoms with E-state index in [4.69, 9.17) is 5.73 Å². The minimum Gasteiger partial charge on any atom is -0.468 e. The summed E-state index contributed by atoms with van der Waals surface area (Å²) in [7, 11) is 1.09. The fourth-order valence-corrected chi connectivity index (χ4v) is 1.15. The Balaban J connectivity index is 2.89. The van der Waals surface area contributed by atoms with Gasteiger partial charge in [-0.15, -0.1) is 0 Å². The number of ether oxygens (including phenoxy) is 1. The number of methoxy groups -OCH3 is 1. The summed E-state index contributed by atoms with van der Waals surface area (Å²) in [6, 6.07) is 3.73. The van der Waals surface area contributed by atoms with Gasteiger partial charge in [0, 0.05) is 5.56 Å². The second-order valence-electron chi connectivity index (χ2n) is 2.97. The predicted octanol–water partition coefficient (Wildman–Crippen LogP) is 1.34. The molecule has 1 aromatic rings. The minimum atomic E-state index is -1.90. The van der Waals surface area contributed by atoms with Gasteiger partial charge in [0.1, 0.15) is 11.9 Å². The van der Waals surface area contributed by atoms with Crippen molar-refractivity contribution in [2.45, 2.75) is 12.2 Å². The van der Waals surface area contributed by atoms with Crippen molar-refractivity contribution in [1.29, 1.82) is 0 Å². The Kier molecular flexibility index (Phi) is 3.74. The summed E-state index contributed by atoms with van der Waals surface area (Å²) in [5.41, 5.74) is 5.02. The third-order valence-electron chi connectivity index (χ3n) is 1.99. The molecule has 0 saturated heterocycles. The molecule has 0 aliphatic carbocycles. The fourth-order valence-electron chi connectivity index (χ4n) is 1.15. The van der Waals surface area contributed by atoms with Crippen LogP contribution >= 0.6 is 0 Å². The average Bonchev–Trinajstić information content (AvgIpc) is 2.26. The quantitative estimate of drug-likeness (QED) is 0.774. The van der Waals surface area contributed by atoms with Crippen LogP contribution in [-0.2, 0) is 9.53 Å². The first-order valence-electron chi connectivity index (χ1n) is 4.30. The predicted molar refractivity (Wildman–Crippen MR) is 50.2 cm³/mol. The number of hydrogen-bond donors (Lipinski definition) is 1. The van der Waals surface area contributed by atoms with Crippen molar-refractivity contribution in [2.24, 2.45) is 5.73 Å². The number of esters is 1. The molecule has 0 aliphatic heterocycles. The molecule has 5 heteroatoms. The number of carbonyl (C=O) groups excluding carboxylic acids is 1. The van der Waals surface area contributed by atoms with Gasteiger partial charge in [-0.3, -0.25) is 4.79 Å². The zero-order valence-corrected chi connectivity index (χ0v) is 8.11. The lowest BCUT2D eigenvalue weighted by atomic mass is 10.0. The van der Waals surface area contributed by atoms with Gasteiger partial charge in [0.25, 0.3) is 0 Å². The van der Waals surface area contributed by atoms with Crippen LogP contribution in [0, 0.1) is 5.82 Å². The molecule has 2 N–H and O–H groups in total. The largest absolute Gasteiger partial charge is 0.468 e. The van der Waals surface area contributed by atoms with E-state index in [0.29, 0.717) is 0 Å². The maximum atomic E-state index is 13.6. The van der Waals surface area contributed by atoms with Crippen LogP contribution < -0.4 is 5.73 Å². The van der Waals surface area contributed by atoms with E-state index in [-0.39, 0.29) is 5.56 Å². The second-order valence-corrected chi connectivity index (χ2v) is 2.97. The summed E-state index contributed by atoms with van der Waals surface area (Å²) in [6.07, 6.45) is -1.90. The van der Waals surface area contributed by atoms with Gasteiger partial charge in [0.05, 0.1) is 7.11 Å². The van der Waals surface area contributed by atoms with Crippen molar-refractivity contribution in [3.05, 3.63) is 35.6 Å². The van der Waals surface area contributed by atoms with E-state index in [2.05, 4.69) is 4.74 Å². The molecule has 1 aromatic carbocycles. The third kappa shape index (κ3) is 2.50. The normalized spacial score (nSPS) is 14.4. The molecule has 0 aliphatic rings. The van der Waals surface area contributed by atoms with Crippen molar-refractivity contribution in [3.8, 4) is 0 Å². The number of halogens is 2. The van der Waals surface area contributed by atoms with Gasteiger partial charge < -0.3 is 10.5 Å². The summed E-state index contributed by atoms with van der Waals surface area (Å²) >= 11 is 0. The summed E-state index contributed by atoms with van der Waals surface area (Å²) < 4.78 is 30.9. The number of alkyl halides is 1. The molecule has 3 nitrogen and oxygen atoms in total. The maximum absolute atomic E-state index is 13.6. The molecular weight excluding hydrogens is 204 g/mol. The van der Waals surface area contributed by atoms with Crippen LogP contribution in [0.3, 0.4) is 0 Å². The average molecular weight is 215 g/mol. The van der Waals surface area contributed by atoms with Gasteiger partial charge >= 0.3 is 5.97 Å². The van der Waals surface area contributed by atoms with Gasteiger partial charge in [-0.2, -0.15) is 0 Å². The monoisotopic (exact) mass is 215 g/mol. The van der Waals surface area contributed by atoms with Crippen molar-refractivity contribution >= 4 is 5.97 Å². The van der Waals surface area contributed by atoms with E-state index in [1.54, 1.807) is 0 Å². The first-order chi connectivity index (χ1) is 7.07. The van der Waals surface area contributed by atoms with Crippen LogP contribution in [0.15, 0.2) is 24.3 Å². The van der Waals surface area contributed by atoms with Crippen LogP contribution in [0.4, 0.5) is 8.78 Å². The van der Waals surface area contributed by atoms with Crippen molar-refractivity contribution in [2.75, 3.05) is 7.11 Å². The molecule has 0 bridgehead atoms. The lowest BCUT2D eigenvalue weighted by Crippen LogP contribution is -2.36. The van der Waals surface area contributed by atoms with Gasteiger partial charge in [-0.1, -0.05) is 18.2 Å². The Morgan fingerprint density at radius 1 is 1.47 bits per heavy atom. The van der Waals surface area contributed by atoms with E-state index < -0.39 is 24.0 Å². The molecule has 15 heavy (non-hydrogen) atoms. The topological polar surface area (TPSA) is 52.3 Å². The Bertz CT molecular complexity index is 357. The zero-order valence-electron chi connectivity index (χ0n) is 8.11. The SMILES string of the molecule is COC(=O)C(N)C(F)c1ccccc1F. The number of carbonyl (C=O) groups is 1. The molecular formula is C10H11F2NO2. The van der Waals surface area contributed by atoms with Crippen LogP contribution in [0.2, 0.25) is 0 Å². The molecule has 0 spiro atoms. The first kappa shape index (κ1) is 11.6. The zero-order chi connectivity index (χ0) is 11.4. The highest BCUT2D eigenvalue weighted by atomic mass is 19.1. The molecule has 2 atom stereocenters. The molecule has 0 amide bonds. The van der Waals surface area contributed by atoms with Crippen molar-refractivity contribution in [3.63, 3.8) is 0 Å². The van der Waals surface area contributed by atoms with Gasteiger partial charge in [0.15, 0.2) is 6.17 Å². The summed E-state index contributed by atoms with van der Waals surface area (Å²) in [5, 5.41) is 0. The molecule has 0 radical (unpaired) electrons. The lowest BCUT2D eigenvalue weighted by Gasteiger charge is -2.15. The van der Waals surface area contributed by atoms with E-state index in [1.165, 1.54) is 18.2 Å². The number of nitrogens with two attached hydrogens (primary N) is 1. The smallest absolute Gasteiger partial charge is 0.326 e. The Hall–Kier alpha value is -1.49. The van der Waals surface area contributed by atoms with E-state index in [0.717, 1.165) is 13.2 Å². The molecule has 0 heterocycles. The highest BCUT2D eigenvalue weighted by Gasteiger charge is 2.28. The maximum Gasteiger partial charge on any atom is 0.326 e. The van der Waals surface area contributed by atoms with E-state index in [9.17, 15) is 13.6 Å². The minimum absolute atomic E-state index is 0.240. The molecule has 0 fully saturated rings. The van der Waals surface area contributed by atoms with Crippen LogP contribution in [0.1, 0.15) is 11.7 Å². The standard InChI is InChI=1S/C10H11F2NO2/c1-15-10(14)9(13)8(12)6-4-2-3-5-7(6)11/h2-5,8-9H,13H2,1H3. The molecule has 1 rings (SSSR count). The fraction of sp³-hybridized carbons (Fsp3) is 0.300. The van der Waals surface area contributed by atoms with Crippen molar-refractivity contribution in [1.82, 2.24) is 0 Å². The van der Waals surface area contributed by atoms with Gasteiger partial charge in [-0.25, -0.2) is 8.78 Å². The number of benzene rings is 1.